The summed E-state index contributed by atoms with van der Waals surface area (Å²) in [6, 6.07) is 0. The van der Waals surface area contributed by atoms with Crippen LogP contribution >= 0.6 is 0 Å². The standard InChI is InChI=1S/C29H47NO4S/c1-20(5-10-27(32)30-15-4-17-35(33,34)18-16-30)24-8-9-25-23-7-6-21-19-22(31)11-13-28(21,2)26(23)12-14-29(24,25)3/h6,20,22-26,31H,4-5,7-19H2,1-3H3/t20-,22+,23+,24-,25+,26+,28+,29-/m1/s1. The summed E-state index contributed by atoms with van der Waals surface area (Å²) in [7, 11) is -2.99. The van der Waals surface area contributed by atoms with E-state index in [1.165, 1.54) is 32.1 Å². The van der Waals surface area contributed by atoms with Crippen molar-refractivity contribution in [2.45, 2.75) is 97.5 Å². The first-order chi connectivity index (χ1) is 16.5. The summed E-state index contributed by atoms with van der Waals surface area (Å²) in [5.74, 6) is 4.00. The maximum absolute atomic E-state index is 12.9. The van der Waals surface area contributed by atoms with Crippen molar-refractivity contribution < 1.29 is 18.3 Å². The summed E-state index contributed by atoms with van der Waals surface area (Å²) in [4.78, 5) is 14.7. The smallest absolute Gasteiger partial charge is 0.222 e. The molecule has 0 radical (unpaired) electrons. The third-order valence-electron chi connectivity index (χ3n) is 11.6. The van der Waals surface area contributed by atoms with Gasteiger partial charge in [0.05, 0.1) is 17.6 Å². The van der Waals surface area contributed by atoms with Crippen LogP contribution in [0, 0.1) is 40.4 Å². The van der Waals surface area contributed by atoms with E-state index in [2.05, 4.69) is 26.8 Å². The molecule has 1 aliphatic heterocycles. The number of fused-ring (bicyclic) bond motifs is 5. The number of nitrogens with zero attached hydrogens (tertiary/aromatic N) is 1. The van der Waals surface area contributed by atoms with Crippen LogP contribution in [0.1, 0.15) is 91.4 Å². The molecule has 0 spiro atoms. The van der Waals surface area contributed by atoms with Crippen LogP contribution in [0.5, 0.6) is 0 Å². The molecule has 5 aliphatic rings. The van der Waals surface area contributed by atoms with Crippen molar-refractivity contribution in [1.29, 1.82) is 0 Å². The van der Waals surface area contributed by atoms with Crippen LogP contribution in [0.3, 0.4) is 0 Å². The Morgan fingerprint density at radius 1 is 1.11 bits per heavy atom. The first-order valence-electron chi connectivity index (χ1n) is 14.4. The Labute approximate surface area is 213 Å². The van der Waals surface area contributed by atoms with Gasteiger partial charge in [-0.3, -0.25) is 4.79 Å². The Hall–Kier alpha value is -0.880. The Morgan fingerprint density at radius 2 is 1.91 bits per heavy atom. The molecule has 5 nitrogen and oxygen atoms in total. The second-order valence-corrected chi connectivity index (χ2v) is 15.6. The highest BCUT2D eigenvalue weighted by Crippen LogP contribution is 2.67. The Bertz CT molecular complexity index is 960. The van der Waals surface area contributed by atoms with Crippen LogP contribution in [-0.4, -0.2) is 55.0 Å². The Morgan fingerprint density at radius 3 is 2.71 bits per heavy atom. The van der Waals surface area contributed by atoms with Crippen molar-refractivity contribution in [3.63, 3.8) is 0 Å². The molecule has 1 heterocycles. The zero-order chi connectivity index (χ0) is 25.0. The number of amides is 1. The number of hydrogen-bond donors (Lipinski definition) is 1. The predicted octanol–water partition coefficient (Wildman–Crippen LogP) is 4.99. The van der Waals surface area contributed by atoms with Crippen molar-refractivity contribution in [2.24, 2.45) is 40.4 Å². The molecule has 5 rings (SSSR count). The van der Waals surface area contributed by atoms with E-state index < -0.39 is 9.84 Å². The molecule has 6 heteroatoms. The van der Waals surface area contributed by atoms with Crippen LogP contribution < -0.4 is 0 Å². The third kappa shape index (κ3) is 4.64. The maximum atomic E-state index is 12.9. The highest BCUT2D eigenvalue weighted by Gasteiger charge is 2.59. The molecule has 1 saturated heterocycles. The van der Waals surface area contributed by atoms with E-state index in [-0.39, 0.29) is 23.5 Å². The molecule has 0 aromatic heterocycles. The number of allylic oxidation sites excluding steroid dienone is 1. The number of aliphatic hydroxyl groups excluding tert-OH is 1. The lowest BCUT2D eigenvalue weighted by molar-refractivity contribution is -0.131. The molecule has 0 aromatic carbocycles. The fourth-order valence-electron chi connectivity index (χ4n) is 9.52. The molecule has 8 atom stereocenters. The van der Waals surface area contributed by atoms with Gasteiger partial charge in [0.25, 0.3) is 0 Å². The van der Waals surface area contributed by atoms with Crippen molar-refractivity contribution in [2.75, 3.05) is 24.6 Å². The summed E-state index contributed by atoms with van der Waals surface area (Å²) in [5, 5.41) is 10.3. The van der Waals surface area contributed by atoms with Crippen molar-refractivity contribution in [3.8, 4) is 0 Å². The van der Waals surface area contributed by atoms with Gasteiger partial charge < -0.3 is 10.0 Å². The topological polar surface area (TPSA) is 74.7 Å². The molecule has 1 N–H and O–H groups in total. The summed E-state index contributed by atoms with van der Waals surface area (Å²) in [6.07, 6.45) is 13.8. The van der Waals surface area contributed by atoms with E-state index >= 15 is 0 Å². The van der Waals surface area contributed by atoms with Gasteiger partial charge in [0, 0.05) is 19.5 Å². The highest BCUT2D eigenvalue weighted by atomic mass is 32.2. The van der Waals surface area contributed by atoms with Crippen LogP contribution in [0.2, 0.25) is 0 Å². The summed E-state index contributed by atoms with van der Waals surface area (Å²) < 4.78 is 23.8. The van der Waals surface area contributed by atoms with Crippen molar-refractivity contribution in [3.05, 3.63) is 11.6 Å². The number of aliphatic hydroxyl groups is 1. The van der Waals surface area contributed by atoms with E-state index in [1.54, 1.807) is 10.5 Å². The summed E-state index contributed by atoms with van der Waals surface area (Å²) >= 11 is 0. The first-order valence-corrected chi connectivity index (χ1v) is 16.2. The fourth-order valence-corrected chi connectivity index (χ4v) is 10.8. The SMILES string of the molecule is C[C@H](CCC(=O)N1CCCS(=O)(=O)CC1)[C@H]1CC[C@H]2[C@@H]3CC=C4C[C@@H](O)CC[C@]4(C)[C@H]3CC[C@]12C. The molecule has 4 aliphatic carbocycles. The lowest BCUT2D eigenvalue weighted by Crippen LogP contribution is -2.50. The minimum Gasteiger partial charge on any atom is -0.393 e. The zero-order valence-electron chi connectivity index (χ0n) is 22.2. The van der Waals surface area contributed by atoms with E-state index in [4.69, 9.17) is 0 Å². The van der Waals surface area contributed by atoms with E-state index in [0.717, 1.165) is 43.4 Å². The van der Waals surface area contributed by atoms with E-state index in [1.807, 2.05) is 0 Å². The van der Waals surface area contributed by atoms with E-state index in [9.17, 15) is 18.3 Å². The zero-order valence-corrected chi connectivity index (χ0v) is 23.0. The lowest BCUT2D eigenvalue weighted by Gasteiger charge is -2.58. The molecule has 1 amide bonds. The minimum absolute atomic E-state index is 0.118. The second-order valence-electron chi connectivity index (χ2n) is 13.3. The molecular weight excluding hydrogens is 458 g/mol. The number of carbonyl (C=O) groups excluding carboxylic acids is 1. The van der Waals surface area contributed by atoms with Gasteiger partial charge in [-0.25, -0.2) is 8.42 Å². The highest BCUT2D eigenvalue weighted by molar-refractivity contribution is 7.91. The minimum atomic E-state index is -2.99. The monoisotopic (exact) mass is 505 g/mol. The van der Waals surface area contributed by atoms with Crippen molar-refractivity contribution >= 4 is 15.7 Å². The molecule has 198 valence electrons. The van der Waals surface area contributed by atoms with Crippen LogP contribution in [-0.2, 0) is 14.6 Å². The third-order valence-corrected chi connectivity index (χ3v) is 13.3. The number of sulfone groups is 1. The van der Waals surface area contributed by atoms with Gasteiger partial charge in [-0.2, -0.15) is 0 Å². The number of carbonyl (C=O) groups is 1. The fraction of sp³-hybridized carbons (Fsp3) is 0.897. The van der Waals surface area contributed by atoms with Gasteiger partial charge in [0.15, 0.2) is 9.84 Å². The van der Waals surface area contributed by atoms with Gasteiger partial charge in [-0.1, -0.05) is 32.4 Å². The molecule has 35 heavy (non-hydrogen) atoms. The largest absolute Gasteiger partial charge is 0.393 e. The summed E-state index contributed by atoms with van der Waals surface area (Å²) in [5.41, 5.74) is 2.21. The average Bonchev–Trinajstić information content (AvgIpc) is 3.06. The molecular formula is C29H47NO4S. The van der Waals surface area contributed by atoms with Gasteiger partial charge >= 0.3 is 0 Å². The van der Waals surface area contributed by atoms with Crippen LogP contribution in [0.4, 0.5) is 0 Å². The second kappa shape index (κ2) is 9.45. The molecule has 0 aromatic rings. The molecule has 0 bridgehead atoms. The van der Waals surface area contributed by atoms with E-state index in [0.29, 0.717) is 48.6 Å². The van der Waals surface area contributed by atoms with Gasteiger partial charge in [-0.15, -0.1) is 0 Å². The predicted molar refractivity (Wildman–Crippen MR) is 139 cm³/mol. The van der Waals surface area contributed by atoms with Gasteiger partial charge in [-0.05, 0) is 105 Å². The van der Waals surface area contributed by atoms with Gasteiger partial charge in [0.2, 0.25) is 5.91 Å². The quantitative estimate of drug-likeness (QED) is 0.546. The summed E-state index contributed by atoms with van der Waals surface area (Å²) in [6.45, 7) is 8.39. The Balaban J connectivity index is 1.22. The normalized spacial score (nSPS) is 43.8. The molecule has 3 saturated carbocycles. The van der Waals surface area contributed by atoms with Gasteiger partial charge in [0.1, 0.15) is 0 Å². The molecule has 0 unspecified atom stereocenters. The number of hydrogen-bond acceptors (Lipinski definition) is 4. The van der Waals surface area contributed by atoms with Crippen LogP contribution in [0.25, 0.3) is 0 Å². The lowest BCUT2D eigenvalue weighted by atomic mass is 9.47. The van der Waals surface area contributed by atoms with Crippen molar-refractivity contribution in [1.82, 2.24) is 4.90 Å². The first kappa shape index (κ1) is 25.8. The Kier molecular flexibility index (Phi) is 6.96. The maximum Gasteiger partial charge on any atom is 0.222 e. The average molecular weight is 506 g/mol. The van der Waals surface area contributed by atoms with Crippen LogP contribution in [0.15, 0.2) is 11.6 Å². The number of rotatable bonds is 4. The molecule has 4 fully saturated rings.